The lowest BCUT2D eigenvalue weighted by Crippen LogP contribution is -2.12. The minimum Gasteiger partial charge on any atom is -0.495 e. The van der Waals surface area contributed by atoms with Gasteiger partial charge in [-0.3, -0.25) is 4.79 Å². The predicted molar refractivity (Wildman–Crippen MR) is 92.6 cm³/mol. The van der Waals surface area contributed by atoms with Crippen LogP contribution in [0.2, 0.25) is 5.02 Å². The number of hydrogen-bond acceptors (Lipinski definition) is 4. The molecule has 0 bridgehead atoms. The Bertz CT molecular complexity index is 940. The first-order valence-corrected chi connectivity index (χ1v) is 7.74. The van der Waals surface area contributed by atoms with Crippen molar-refractivity contribution < 1.29 is 18.4 Å². The van der Waals surface area contributed by atoms with Gasteiger partial charge < -0.3 is 14.6 Å². The highest BCUT2D eigenvalue weighted by Gasteiger charge is 2.15. The summed E-state index contributed by atoms with van der Waals surface area (Å²) < 4.78 is 23.9. The molecule has 0 aliphatic rings. The van der Waals surface area contributed by atoms with Gasteiger partial charge in [-0.2, -0.15) is 0 Å². The smallest absolute Gasteiger partial charge is 0.277 e. The number of aromatic nitrogens is 1. The largest absolute Gasteiger partial charge is 0.495 e. The molecule has 0 atom stereocenters. The van der Waals surface area contributed by atoms with E-state index in [1.807, 2.05) is 0 Å². The van der Waals surface area contributed by atoms with Crippen LogP contribution in [0.15, 0.2) is 47.0 Å². The number of nitrogens with zero attached hydrogens (tertiary/aromatic N) is 1. The van der Waals surface area contributed by atoms with E-state index in [2.05, 4.69) is 10.5 Å². The summed E-state index contributed by atoms with van der Waals surface area (Å²) in [6.45, 7) is 1.67. The number of anilines is 1. The Morgan fingerprint density at radius 2 is 2.04 bits per heavy atom. The topological polar surface area (TPSA) is 64.4 Å². The molecular weight excluding hydrogens is 347 g/mol. The lowest BCUT2D eigenvalue weighted by molar-refractivity contribution is 0.101. The summed E-state index contributed by atoms with van der Waals surface area (Å²) in [5.74, 6) is -0.0156. The third kappa shape index (κ3) is 3.64. The quantitative estimate of drug-likeness (QED) is 0.732. The fourth-order valence-corrected chi connectivity index (χ4v) is 2.46. The SMILES string of the molecule is COc1ccc(NC(=O)c2cc(-c3ccc(C)c(F)c3)on2)cc1Cl. The third-order valence-corrected chi connectivity index (χ3v) is 3.90. The third-order valence-electron chi connectivity index (χ3n) is 3.61. The van der Waals surface area contributed by atoms with Gasteiger partial charge in [0.25, 0.3) is 5.91 Å². The van der Waals surface area contributed by atoms with Crippen molar-refractivity contribution in [2.75, 3.05) is 12.4 Å². The molecule has 7 heteroatoms. The number of carbonyl (C=O) groups excluding carboxylic acids is 1. The normalized spacial score (nSPS) is 10.6. The van der Waals surface area contributed by atoms with Crippen molar-refractivity contribution in [3.63, 3.8) is 0 Å². The highest BCUT2D eigenvalue weighted by molar-refractivity contribution is 6.32. The number of rotatable bonds is 4. The van der Waals surface area contributed by atoms with Gasteiger partial charge in [-0.15, -0.1) is 0 Å². The van der Waals surface area contributed by atoms with Crippen LogP contribution in [-0.4, -0.2) is 18.2 Å². The van der Waals surface area contributed by atoms with Gasteiger partial charge in [-0.25, -0.2) is 4.39 Å². The summed E-state index contributed by atoms with van der Waals surface area (Å²) in [6.07, 6.45) is 0. The molecule has 0 aliphatic carbocycles. The number of hydrogen-bond donors (Lipinski definition) is 1. The molecule has 0 unspecified atom stereocenters. The molecule has 0 radical (unpaired) electrons. The Balaban J connectivity index is 1.78. The van der Waals surface area contributed by atoms with E-state index in [-0.39, 0.29) is 11.5 Å². The summed E-state index contributed by atoms with van der Waals surface area (Å²) in [5, 5.41) is 6.76. The van der Waals surface area contributed by atoms with Gasteiger partial charge in [0, 0.05) is 17.3 Å². The number of aryl methyl sites for hydroxylation is 1. The molecule has 1 amide bonds. The molecule has 0 saturated heterocycles. The average Bonchev–Trinajstić information content (AvgIpc) is 3.08. The molecule has 3 aromatic rings. The standard InChI is InChI=1S/C18H14ClFN2O3/c1-10-3-4-11(7-14(10)20)17-9-15(22-25-17)18(23)21-12-5-6-16(24-2)13(19)8-12/h3-9H,1-2H3,(H,21,23). The molecular formula is C18H14ClFN2O3. The molecule has 1 aromatic heterocycles. The Morgan fingerprint density at radius 3 is 2.72 bits per heavy atom. The van der Waals surface area contributed by atoms with Gasteiger partial charge >= 0.3 is 0 Å². The molecule has 3 rings (SSSR count). The van der Waals surface area contributed by atoms with Crippen molar-refractivity contribution in [2.45, 2.75) is 6.92 Å². The molecule has 0 fully saturated rings. The van der Waals surface area contributed by atoms with Gasteiger partial charge in [0.1, 0.15) is 11.6 Å². The molecule has 1 N–H and O–H groups in total. The van der Waals surface area contributed by atoms with E-state index < -0.39 is 5.91 Å². The average molecular weight is 361 g/mol. The van der Waals surface area contributed by atoms with Crippen LogP contribution >= 0.6 is 11.6 Å². The van der Waals surface area contributed by atoms with E-state index in [0.29, 0.717) is 33.3 Å². The summed E-state index contributed by atoms with van der Waals surface area (Å²) in [7, 11) is 1.50. The molecule has 0 aliphatic heterocycles. The van der Waals surface area contributed by atoms with Gasteiger partial charge in [-0.1, -0.05) is 28.9 Å². The summed E-state index contributed by atoms with van der Waals surface area (Å²) in [6, 6.07) is 11.0. The fourth-order valence-electron chi connectivity index (χ4n) is 2.20. The van der Waals surface area contributed by atoms with Crippen LogP contribution in [0.25, 0.3) is 11.3 Å². The van der Waals surface area contributed by atoms with E-state index in [1.54, 1.807) is 37.3 Å². The van der Waals surface area contributed by atoms with E-state index in [0.717, 1.165) is 0 Å². The number of carbonyl (C=O) groups is 1. The second kappa shape index (κ2) is 6.94. The van der Waals surface area contributed by atoms with Crippen LogP contribution in [0, 0.1) is 12.7 Å². The predicted octanol–water partition coefficient (Wildman–Crippen LogP) is 4.70. The van der Waals surface area contributed by atoms with Crippen molar-refractivity contribution in [3.05, 3.63) is 64.6 Å². The zero-order valence-electron chi connectivity index (χ0n) is 13.5. The monoisotopic (exact) mass is 360 g/mol. The summed E-state index contributed by atoms with van der Waals surface area (Å²) in [4.78, 5) is 12.3. The number of amides is 1. The summed E-state index contributed by atoms with van der Waals surface area (Å²) in [5.41, 5.74) is 1.59. The maximum Gasteiger partial charge on any atom is 0.277 e. The minimum atomic E-state index is -0.469. The molecule has 0 spiro atoms. The first-order chi connectivity index (χ1) is 12.0. The fraction of sp³-hybridized carbons (Fsp3) is 0.111. The zero-order valence-corrected chi connectivity index (χ0v) is 14.2. The lowest BCUT2D eigenvalue weighted by Gasteiger charge is -2.06. The second-order valence-corrected chi connectivity index (χ2v) is 5.75. The Kier molecular flexibility index (Phi) is 4.72. The van der Waals surface area contributed by atoms with Crippen LogP contribution in [0.4, 0.5) is 10.1 Å². The first-order valence-electron chi connectivity index (χ1n) is 7.36. The molecule has 2 aromatic carbocycles. The molecule has 1 heterocycles. The van der Waals surface area contributed by atoms with Gasteiger partial charge in [-0.05, 0) is 36.8 Å². The van der Waals surface area contributed by atoms with Crippen molar-refractivity contribution in [1.29, 1.82) is 0 Å². The Labute approximate surface area is 148 Å². The first kappa shape index (κ1) is 17.0. The zero-order chi connectivity index (χ0) is 18.0. The van der Waals surface area contributed by atoms with Crippen LogP contribution < -0.4 is 10.1 Å². The van der Waals surface area contributed by atoms with Crippen molar-refractivity contribution >= 4 is 23.2 Å². The number of benzene rings is 2. The van der Waals surface area contributed by atoms with E-state index >= 15 is 0 Å². The van der Waals surface area contributed by atoms with E-state index in [9.17, 15) is 9.18 Å². The van der Waals surface area contributed by atoms with Crippen molar-refractivity contribution in [3.8, 4) is 17.1 Å². The minimum absolute atomic E-state index is 0.0722. The Morgan fingerprint density at radius 1 is 1.24 bits per heavy atom. The van der Waals surface area contributed by atoms with E-state index in [1.165, 1.54) is 19.2 Å². The number of methoxy groups -OCH3 is 1. The highest BCUT2D eigenvalue weighted by Crippen LogP contribution is 2.28. The molecule has 5 nitrogen and oxygen atoms in total. The second-order valence-electron chi connectivity index (χ2n) is 5.34. The number of nitrogens with one attached hydrogen (secondary N) is 1. The van der Waals surface area contributed by atoms with Gasteiger partial charge in [0.15, 0.2) is 11.5 Å². The Hall–Kier alpha value is -2.86. The van der Waals surface area contributed by atoms with Crippen LogP contribution in [0.1, 0.15) is 16.1 Å². The number of halogens is 2. The van der Waals surface area contributed by atoms with E-state index in [4.69, 9.17) is 20.9 Å². The maximum atomic E-state index is 13.7. The highest BCUT2D eigenvalue weighted by atomic mass is 35.5. The van der Waals surface area contributed by atoms with Crippen LogP contribution in [-0.2, 0) is 0 Å². The van der Waals surface area contributed by atoms with Crippen LogP contribution in [0.5, 0.6) is 5.75 Å². The van der Waals surface area contributed by atoms with Gasteiger partial charge in [0.2, 0.25) is 0 Å². The molecule has 0 saturated carbocycles. The lowest BCUT2D eigenvalue weighted by atomic mass is 10.1. The van der Waals surface area contributed by atoms with Crippen LogP contribution in [0.3, 0.4) is 0 Å². The maximum absolute atomic E-state index is 13.7. The van der Waals surface area contributed by atoms with Crippen molar-refractivity contribution in [2.24, 2.45) is 0 Å². The molecule has 25 heavy (non-hydrogen) atoms. The van der Waals surface area contributed by atoms with Crippen molar-refractivity contribution in [1.82, 2.24) is 5.16 Å². The molecule has 128 valence electrons. The number of ether oxygens (including phenoxy) is 1. The summed E-state index contributed by atoms with van der Waals surface area (Å²) >= 11 is 6.02. The van der Waals surface area contributed by atoms with Gasteiger partial charge in [0.05, 0.1) is 12.1 Å².